The molecule has 0 atom stereocenters. The SMILES string of the molecule is COc1ccc(CC2CCN(c3c[c]c4cccnc4c3)CC2)cc1. The van der Waals surface area contributed by atoms with Crippen LogP contribution in [0.2, 0.25) is 0 Å². The van der Waals surface area contributed by atoms with Crippen LogP contribution in [0.3, 0.4) is 0 Å². The Morgan fingerprint density at radius 1 is 1.16 bits per heavy atom. The summed E-state index contributed by atoms with van der Waals surface area (Å²) in [5, 5.41) is 1.08. The molecule has 3 heteroatoms. The average molecular weight is 331 g/mol. The minimum atomic E-state index is 0.757. The van der Waals surface area contributed by atoms with E-state index >= 15 is 0 Å². The molecule has 2 heterocycles. The van der Waals surface area contributed by atoms with Crippen LogP contribution in [0.1, 0.15) is 18.4 Å². The largest absolute Gasteiger partial charge is 0.497 e. The van der Waals surface area contributed by atoms with E-state index in [0.29, 0.717) is 0 Å². The second-order valence-corrected chi connectivity index (χ2v) is 6.78. The van der Waals surface area contributed by atoms with Crippen molar-refractivity contribution < 1.29 is 4.74 Å². The molecule has 3 aromatic rings. The Hall–Kier alpha value is -2.55. The Kier molecular flexibility index (Phi) is 4.55. The summed E-state index contributed by atoms with van der Waals surface area (Å²) >= 11 is 0. The standard InChI is InChI=1S/C22H23N2O/c1-25-21-8-4-17(5-9-21)15-18-10-13-24(14-11-18)20-7-6-19-3-2-12-23-22(19)16-20/h2-5,7-9,12,16,18H,10-11,13-15H2,1H3. The highest BCUT2D eigenvalue weighted by Gasteiger charge is 2.20. The summed E-state index contributed by atoms with van der Waals surface area (Å²) in [6.07, 6.45) is 5.46. The maximum atomic E-state index is 5.24. The molecule has 0 unspecified atom stereocenters. The number of nitrogens with zero attached hydrogens (tertiary/aromatic N) is 2. The van der Waals surface area contributed by atoms with Crippen molar-refractivity contribution in [1.82, 2.24) is 4.98 Å². The zero-order valence-corrected chi connectivity index (χ0v) is 14.6. The fraction of sp³-hybridized carbons (Fsp3) is 0.318. The van der Waals surface area contributed by atoms with Crippen molar-refractivity contribution in [2.75, 3.05) is 25.1 Å². The van der Waals surface area contributed by atoms with Gasteiger partial charge in [-0.15, -0.1) is 0 Å². The van der Waals surface area contributed by atoms with Crippen molar-refractivity contribution in [3.05, 3.63) is 66.4 Å². The van der Waals surface area contributed by atoms with Crippen LogP contribution in [0.15, 0.2) is 54.7 Å². The number of anilines is 1. The molecule has 2 aromatic carbocycles. The number of rotatable bonds is 4. The van der Waals surface area contributed by atoms with Gasteiger partial charge < -0.3 is 9.64 Å². The molecule has 0 saturated carbocycles. The summed E-state index contributed by atoms with van der Waals surface area (Å²) in [6, 6.07) is 20.2. The van der Waals surface area contributed by atoms with E-state index in [1.165, 1.54) is 24.1 Å². The molecular weight excluding hydrogens is 308 g/mol. The minimum Gasteiger partial charge on any atom is -0.497 e. The van der Waals surface area contributed by atoms with Crippen LogP contribution in [0, 0.1) is 12.0 Å². The molecule has 0 N–H and O–H groups in total. The molecule has 1 fully saturated rings. The van der Waals surface area contributed by atoms with Crippen LogP contribution < -0.4 is 9.64 Å². The summed E-state index contributed by atoms with van der Waals surface area (Å²) < 4.78 is 5.24. The first-order valence-electron chi connectivity index (χ1n) is 8.96. The molecule has 1 aromatic heterocycles. The van der Waals surface area contributed by atoms with Gasteiger partial charge in [-0.2, -0.15) is 0 Å². The molecule has 0 bridgehead atoms. The van der Waals surface area contributed by atoms with Crippen LogP contribution in [-0.4, -0.2) is 25.2 Å². The van der Waals surface area contributed by atoms with Gasteiger partial charge in [0, 0.05) is 30.4 Å². The maximum absolute atomic E-state index is 5.24. The zero-order valence-electron chi connectivity index (χ0n) is 14.6. The van der Waals surface area contributed by atoms with Gasteiger partial charge in [-0.25, -0.2) is 0 Å². The van der Waals surface area contributed by atoms with E-state index in [4.69, 9.17) is 4.74 Å². The molecular formula is C22H23N2O. The van der Waals surface area contributed by atoms with Gasteiger partial charge in [-0.3, -0.25) is 4.98 Å². The predicted octanol–water partition coefficient (Wildman–Crippen LogP) is 4.50. The molecule has 1 radical (unpaired) electrons. The van der Waals surface area contributed by atoms with Crippen molar-refractivity contribution in [3.63, 3.8) is 0 Å². The van der Waals surface area contributed by atoms with E-state index < -0.39 is 0 Å². The van der Waals surface area contributed by atoms with Crippen LogP contribution in [0.25, 0.3) is 10.9 Å². The Morgan fingerprint density at radius 3 is 2.72 bits per heavy atom. The Bertz CT molecular complexity index is 836. The topological polar surface area (TPSA) is 25.4 Å². The van der Waals surface area contributed by atoms with Gasteiger partial charge in [0.15, 0.2) is 0 Å². The first-order valence-corrected chi connectivity index (χ1v) is 8.96. The fourth-order valence-corrected chi connectivity index (χ4v) is 3.66. The van der Waals surface area contributed by atoms with E-state index in [-0.39, 0.29) is 0 Å². The van der Waals surface area contributed by atoms with Gasteiger partial charge in [0.1, 0.15) is 5.75 Å². The third-order valence-corrected chi connectivity index (χ3v) is 5.16. The molecule has 1 aliphatic heterocycles. The molecule has 3 nitrogen and oxygen atoms in total. The summed E-state index contributed by atoms with van der Waals surface area (Å²) in [5.74, 6) is 1.69. The van der Waals surface area contributed by atoms with E-state index in [2.05, 4.69) is 58.4 Å². The zero-order chi connectivity index (χ0) is 17.1. The highest BCUT2D eigenvalue weighted by Crippen LogP contribution is 2.27. The second-order valence-electron chi connectivity index (χ2n) is 6.78. The highest BCUT2D eigenvalue weighted by molar-refractivity contribution is 5.81. The molecule has 0 spiro atoms. The van der Waals surface area contributed by atoms with Gasteiger partial charge in [0.05, 0.1) is 12.6 Å². The number of ether oxygens (including phenoxy) is 1. The second kappa shape index (κ2) is 7.14. The number of piperidine rings is 1. The molecule has 1 aliphatic rings. The predicted molar refractivity (Wildman–Crippen MR) is 102 cm³/mol. The third-order valence-electron chi connectivity index (χ3n) is 5.16. The van der Waals surface area contributed by atoms with Crippen LogP contribution >= 0.6 is 0 Å². The van der Waals surface area contributed by atoms with Crippen LogP contribution in [-0.2, 0) is 6.42 Å². The average Bonchev–Trinajstić information content (AvgIpc) is 2.69. The number of aromatic nitrogens is 1. The lowest BCUT2D eigenvalue weighted by Crippen LogP contribution is -2.34. The van der Waals surface area contributed by atoms with Gasteiger partial charge in [-0.1, -0.05) is 18.2 Å². The highest BCUT2D eigenvalue weighted by atomic mass is 16.5. The number of methoxy groups -OCH3 is 1. The maximum Gasteiger partial charge on any atom is 0.118 e. The Labute approximate surface area is 149 Å². The Balaban J connectivity index is 1.38. The summed E-state index contributed by atoms with van der Waals surface area (Å²) in [6.45, 7) is 2.21. The minimum absolute atomic E-state index is 0.757. The van der Waals surface area contributed by atoms with E-state index in [1.54, 1.807) is 7.11 Å². The van der Waals surface area contributed by atoms with Gasteiger partial charge in [0.25, 0.3) is 0 Å². The number of hydrogen-bond donors (Lipinski definition) is 0. The first-order chi connectivity index (χ1) is 12.3. The third kappa shape index (κ3) is 3.60. The quantitative estimate of drug-likeness (QED) is 0.704. The molecule has 0 amide bonds. The van der Waals surface area contributed by atoms with Crippen molar-refractivity contribution in [1.29, 1.82) is 0 Å². The number of benzene rings is 2. The fourth-order valence-electron chi connectivity index (χ4n) is 3.66. The van der Waals surface area contributed by atoms with Crippen LogP contribution in [0.4, 0.5) is 5.69 Å². The number of pyridine rings is 1. The molecule has 4 rings (SSSR count). The summed E-state index contributed by atoms with van der Waals surface area (Å²) in [7, 11) is 1.71. The van der Waals surface area contributed by atoms with E-state index in [0.717, 1.165) is 42.1 Å². The smallest absolute Gasteiger partial charge is 0.118 e. The van der Waals surface area contributed by atoms with Crippen molar-refractivity contribution in [3.8, 4) is 5.75 Å². The van der Waals surface area contributed by atoms with Crippen molar-refractivity contribution in [2.24, 2.45) is 5.92 Å². The summed E-state index contributed by atoms with van der Waals surface area (Å²) in [4.78, 5) is 6.92. The molecule has 0 aliphatic carbocycles. The van der Waals surface area contributed by atoms with Gasteiger partial charge in [0.2, 0.25) is 0 Å². The van der Waals surface area contributed by atoms with Crippen LogP contribution in [0.5, 0.6) is 5.75 Å². The Morgan fingerprint density at radius 2 is 1.96 bits per heavy atom. The monoisotopic (exact) mass is 331 g/mol. The van der Waals surface area contributed by atoms with Crippen molar-refractivity contribution in [2.45, 2.75) is 19.3 Å². The summed E-state index contributed by atoms with van der Waals surface area (Å²) in [5.41, 5.74) is 3.68. The lowest BCUT2D eigenvalue weighted by Gasteiger charge is -2.33. The first kappa shape index (κ1) is 15.9. The normalized spacial score (nSPS) is 15.5. The molecule has 25 heavy (non-hydrogen) atoms. The van der Waals surface area contributed by atoms with Gasteiger partial charge >= 0.3 is 0 Å². The van der Waals surface area contributed by atoms with E-state index in [1.807, 2.05) is 12.3 Å². The number of hydrogen-bond acceptors (Lipinski definition) is 3. The molecule has 1 saturated heterocycles. The number of fused-ring (bicyclic) bond motifs is 1. The lowest BCUT2D eigenvalue weighted by molar-refractivity contribution is 0.402. The van der Waals surface area contributed by atoms with Gasteiger partial charge in [-0.05, 0) is 67.1 Å². The van der Waals surface area contributed by atoms with E-state index in [9.17, 15) is 0 Å². The lowest BCUT2D eigenvalue weighted by atomic mass is 9.90. The molecule has 127 valence electrons. The van der Waals surface area contributed by atoms with Crippen molar-refractivity contribution >= 4 is 16.6 Å².